The van der Waals surface area contributed by atoms with Crippen molar-refractivity contribution in [2.24, 2.45) is 11.8 Å². The van der Waals surface area contributed by atoms with Gasteiger partial charge in [0.1, 0.15) is 0 Å². The Morgan fingerprint density at radius 3 is 2.18 bits per heavy atom. The third kappa shape index (κ3) is 3.11. The van der Waals surface area contributed by atoms with E-state index >= 15 is 0 Å². The van der Waals surface area contributed by atoms with Gasteiger partial charge in [0.15, 0.2) is 17.7 Å². The predicted octanol–water partition coefficient (Wildman–Crippen LogP) is 2.99. The molecule has 2 aromatic carbocycles. The van der Waals surface area contributed by atoms with Crippen LogP contribution in [0.3, 0.4) is 0 Å². The molecule has 2 aliphatic rings. The number of carbonyl (C=O) groups excluding carboxylic acids is 4. The summed E-state index contributed by atoms with van der Waals surface area (Å²) in [5.41, 5.74) is 1.66. The van der Waals surface area contributed by atoms with Crippen LogP contribution in [0.15, 0.2) is 42.5 Å². The van der Waals surface area contributed by atoms with Crippen LogP contribution in [0, 0.1) is 11.8 Å². The summed E-state index contributed by atoms with van der Waals surface area (Å²) in [5, 5.41) is 2.65. The summed E-state index contributed by atoms with van der Waals surface area (Å²) in [6, 6.07) is 11.2. The molecule has 2 aliphatic carbocycles. The first-order chi connectivity index (χ1) is 13.4. The maximum absolute atomic E-state index is 12.7. The van der Waals surface area contributed by atoms with E-state index in [-0.39, 0.29) is 29.0 Å². The molecule has 0 radical (unpaired) electrons. The summed E-state index contributed by atoms with van der Waals surface area (Å²) in [4.78, 5) is 49.6. The number of fused-ring (bicyclic) bond motifs is 2. The Kier molecular flexibility index (Phi) is 4.34. The van der Waals surface area contributed by atoms with E-state index in [0.717, 1.165) is 6.42 Å². The van der Waals surface area contributed by atoms with Crippen molar-refractivity contribution in [3.05, 3.63) is 64.7 Å². The van der Waals surface area contributed by atoms with Crippen LogP contribution in [-0.4, -0.2) is 29.5 Å². The zero-order chi connectivity index (χ0) is 20.0. The standard InChI is InChI=1S/C22H19NO5/c1-11-9-17(11)22(27)28-12(2)21(26)23-13-7-8-16-18(10-13)20(25)15-6-4-3-5-14(15)19(16)24/h3-8,10-12,17H,9H2,1-2H3,(H,23,26)/t11-,12+,17-/m1/s1. The molecule has 0 saturated heterocycles. The molecule has 0 aliphatic heterocycles. The van der Waals surface area contributed by atoms with E-state index < -0.39 is 12.0 Å². The minimum absolute atomic E-state index is 0.123. The second kappa shape index (κ2) is 6.71. The van der Waals surface area contributed by atoms with Crippen molar-refractivity contribution in [1.82, 2.24) is 0 Å². The monoisotopic (exact) mass is 377 g/mol. The summed E-state index contributed by atoms with van der Waals surface area (Å²) in [6.07, 6.45) is -0.162. The average Bonchev–Trinajstić information content (AvgIpc) is 3.43. The topological polar surface area (TPSA) is 89.5 Å². The molecule has 4 rings (SSSR count). The highest BCUT2D eigenvalue weighted by Gasteiger charge is 2.41. The normalized spacial score (nSPS) is 20.6. The van der Waals surface area contributed by atoms with Crippen LogP contribution in [0.25, 0.3) is 0 Å². The minimum atomic E-state index is -0.950. The molecule has 1 amide bonds. The molecule has 142 valence electrons. The van der Waals surface area contributed by atoms with Crippen molar-refractivity contribution >= 4 is 29.1 Å². The van der Waals surface area contributed by atoms with E-state index in [4.69, 9.17) is 4.74 Å². The van der Waals surface area contributed by atoms with Crippen LogP contribution in [-0.2, 0) is 14.3 Å². The van der Waals surface area contributed by atoms with Crippen molar-refractivity contribution in [3.63, 3.8) is 0 Å². The van der Waals surface area contributed by atoms with E-state index in [2.05, 4.69) is 5.32 Å². The Bertz CT molecular complexity index is 1030. The SMILES string of the molecule is C[C@H](OC(=O)[C@@H]1C[C@H]1C)C(=O)Nc1ccc2c(c1)C(=O)c1ccccc1C2=O. The van der Waals surface area contributed by atoms with E-state index in [1.54, 1.807) is 30.3 Å². The lowest BCUT2D eigenvalue weighted by Crippen LogP contribution is -2.31. The van der Waals surface area contributed by atoms with Gasteiger partial charge in [-0.15, -0.1) is 0 Å². The first-order valence-corrected chi connectivity index (χ1v) is 9.20. The summed E-state index contributed by atoms with van der Waals surface area (Å²) in [6.45, 7) is 3.46. The fourth-order valence-corrected chi connectivity index (χ4v) is 3.39. The van der Waals surface area contributed by atoms with Crippen LogP contribution in [0.5, 0.6) is 0 Å². The van der Waals surface area contributed by atoms with Gasteiger partial charge < -0.3 is 10.1 Å². The molecule has 6 heteroatoms. The Morgan fingerprint density at radius 1 is 1.00 bits per heavy atom. The van der Waals surface area contributed by atoms with Gasteiger partial charge in [-0.1, -0.05) is 31.2 Å². The number of esters is 1. The number of carbonyl (C=O) groups is 4. The van der Waals surface area contributed by atoms with Gasteiger partial charge in [0.05, 0.1) is 5.92 Å². The molecular weight excluding hydrogens is 358 g/mol. The predicted molar refractivity (Wildman–Crippen MR) is 101 cm³/mol. The fourth-order valence-electron chi connectivity index (χ4n) is 3.39. The van der Waals surface area contributed by atoms with Gasteiger partial charge in [-0.3, -0.25) is 19.2 Å². The number of amides is 1. The number of rotatable bonds is 4. The zero-order valence-electron chi connectivity index (χ0n) is 15.5. The van der Waals surface area contributed by atoms with Gasteiger partial charge in [0, 0.05) is 27.9 Å². The molecule has 1 N–H and O–H groups in total. The minimum Gasteiger partial charge on any atom is -0.452 e. The molecule has 1 fully saturated rings. The van der Waals surface area contributed by atoms with Crippen molar-refractivity contribution in [3.8, 4) is 0 Å². The molecule has 0 aromatic heterocycles. The fraction of sp³-hybridized carbons (Fsp3) is 0.273. The lowest BCUT2D eigenvalue weighted by molar-refractivity contribution is -0.154. The highest BCUT2D eigenvalue weighted by atomic mass is 16.5. The molecule has 0 bridgehead atoms. The van der Waals surface area contributed by atoms with Gasteiger partial charge in [-0.25, -0.2) is 0 Å². The van der Waals surface area contributed by atoms with Crippen LogP contribution >= 0.6 is 0 Å². The molecule has 0 heterocycles. The third-order valence-corrected chi connectivity index (χ3v) is 5.27. The van der Waals surface area contributed by atoms with Gasteiger partial charge >= 0.3 is 5.97 Å². The molecule has 2 aromatic rings. The van der Waals surface area contributed by atoms with Gasteiger partial charge in [-0.05, 0) is 37.5 Å². The number of nitrogens with one attached hydrogen (secondary N) is 1. The summed E-state index contributed by atoms with van der Waals surface area (Å²) >= 11 is 0. The Balaban J connectivity index is 1.51. The Hall–Kier alpha value is -3.28. The number of ketones is 2. The van der Waals surface area contributed by atoms with Crippen LogP contribution in [0.4, 0.5) is 5.69 Å². The number of hydrogen-bond acceptors (Lipinski definition) is 5. The lowest BCUT2D eigenvalue weighted by Gasteiger charge is -2.19. The molecule has 0 unspecified atom stereocenters. The highest BCUT2D eigenvalue weighted by molar-refractivity contribution is 6.28. The van der Waals surface area contributed by atoms with Gasteiger partial charge in [0.2, 0.25) is 0 Å². The Morgan fingerprint density at radius 2 is 1.57 bits per heavy atom. The first kappa shape index (κ1) is 18.1. The molecule has 3 atom stereocenters. The molecule has 1 saturated carbocycles. The van der Waals surface area contributed by atoms with Crippen LogP contribution in [0.1, 0.15) is 52.1 Å². The second-order valence-electron chi connectivity index (χ2n) is 7.35. The largest absolute Gasteiger partial charge is 0.452 e. The van der Waals surface area contributed by atoms with Gasteiger partial charge in [-0.2, -0.15) is 0 Å². The second-order valence-corrected chi connectivity index (χ2v) is 7.35. The van der Waals surface area contributed by atoms with Crippen LogP contribution < -0.4 is 5.32 Å². The quantitative estimate of drug-likeness (QED) is 0.706. The molecular formula is C22H19NO5. The summed E-state index contributed by atoms with van der Waals surface area (Å²) < 4.78 is 5.20. The van der Waals surface area contributed by atoms with Crippen molar-refractivity contribution in [1.29, 1.82) is 0 Å². The van der Waals surface area contributed by atoms with Gasteiger partial charge in [0.25, 0.3) is 5.91 Å². The zero-order valence-corrected chi connectivity index (χ0v) is 15.5. The maximum atomic E-state index is 12.7. The van der Waals surface area contributed by atoms with E-state index in [0.29, 0.717) is 28.3 Å². The highest BCUT2D eigenvalue weighted by Crippen LogP contribution is 2.38. The average molecular weight is 377 g/mol. The van der Waals surface area contributed by atoms with E-state index in [1.165, 1.54) is 19.1 Å². The molecule has 0 spiro atoms. The number of hydrogen-bond donors (Lipinski definition) is 1. The first-order valence-electron chi connectivity index (χ1n) is 9.20. The third-order valence-electron chi connectivity index (χ3n) is 5.27. The van der Waals surface area contributed by atoms with E-state index in [1.807, 2.05) is 6.92 Å². The maximum Gasteiger partial charge on any atom is 0.309 e. The smallest absolute Gasteiger partial charge is 0.309 e. The van der Waals surface area contributed by atoms with Crippen molar-refractivity contribution in [2.75, 3.05) is 5.32 Å². The summed E-state index contributed by atoms with van der Waals surface area (Å²) in [7, 11) is 0. The van der Waals surface area contributed by atoms with Crippen molar-refractivity contribution < 1.29 is 23.9 Å². The number of ether oxygens (including phenoxy) is 1. The molecule has 28 heavy (non-hydrogen) atoms. The number of benzene rings is 2. The van der Waals surface area contributed by atoms with Crippen molar-refractivity contribution in [2.45, 2.75) is 26.4 Å². The lowest BCUT2D eigenvalue weighted by atomic mass is 9.84. The van der Waals surface area contributed by atoms with E-state index in [9.17, 15) is 19.2 Å². The summed E-state index contributed by atoms with van der Waals surface area (Å²) in [5.74, 6) is -1.15. The van der Waals surface area contributed by atoms with Crippen LogP contribution in [0.2, 0.25) is 0 Å². The molecule has 6 nitrogen and oxygen atoms in total. The number of anilines is 1. The Labute approximate surface area is 161 Å².